The lowest BCUT2D eigenvalue weighted by Crippen LogP contribution is -2.07. The number of carbonyl (C=O) groups excluding carboxylic acids is 1. The van der Waals surface area contributed by atoms with E-state index in [4.69, 9.17) is 30.5 Å². The second-order valence-corrected chi connectivity index (χ2v) is 7.43. The Hall–Kier alpha value is -3.23. The van der Waals surface area contributed by atoms with Gasteiger partial charge in [-0.1, -0.05) is 11.6 Å². The molecule has 0 atom stereocenters. The number of amides is 1. The fraction of sp³-hybridized carbons (Fsp3) is 0.182. The molecule has 162 valence electrons. The van der Waals surface area contributed by atoms with E-state index in [1.807, 2.05) is 11.4 Å². The van der Waals surface area contributed by atoms with Gasteiger partial charge in [-0.25, -0.2) is 4.98 Å². The van der Waals surface area contributed by atoms with Crippen LogP contribution < -0.4 is 24.3 Å². The van der Waals surface area contributed by atoms with Crippen molar-refractivity contribution in [2.45, 2.75) is 0 Å². The molecule has 3 rings (SSSR count). The van der Waals surface area contributed by atoms with E-state index in [0.29, 0.717) is 38.8 Å². The van der Waals surface area contributed by atoms with Gasteiger partial charge in [-0.3, -0.25) is 10.1 Å². The Bertz CT molecular complexity index is 1090. The summed E-state index contributed by atoms with van der Waals surface area (Å²) < 4.78 is 21.1. The minimum Gasteiger partial charge on any atom is -0.495 e. The summed E-state index contributed by atoms with van der Waals surface area (Å²) >= 11 is 7.50. The molecule has 0 saturated heterocycles. The van der Waals surface area contributed by atoms with Crippen LogP contribution >= 0.6 is 22.9 Å². The molecule has 0 aliphatic carbocycles. The number of nitrogens with zero attached hydrogens (tertiary/aromatic N) is 1. The maximum absolute atomic E-state index is 12.3. The number of anilines is 1. The summed E-state index contributed by atoms with van der Waals surface area (Å²) in [5.74, 6) is 1.77. The third-order valence-corrected chi connectivity index (χ3v) is 5.35. The lowest BCUT2D eigenvalue weighted by molar-refractivity contribution is -0.111. The van der Waals surface area contributed by atoms with Crippen LogP contribution in [0.3, 0.4) is 0 Å². The first-order valence-electron chi connectivity index (χ1n) is 9.07. The Kier molecular flexibility index (Phi) is 7.38. The van der Waals surface area contributed by atoms with E-state index < -0.39 is 0 Å². The summed E-state index contributed by atoms with van der Waals surface area (Å²) in [6.07, 6.45) is 3.06. The zero-order valence-corrected chi connectivity index (χ0v) is 19.0. The van der Waals surface area contributed by atoms with Crippen molar-refractivity contribution in [1.29, 1.82) is 0 Å². The molecule has 1 heterocycles. The van der Waals surface area contributed by atoms with Gasteiger partial charge in [0.15, 0.2) is 16.6 Å². The van der Waals surface area contributed by atoms with Gasteiger partial charge in [0.25, 0.3) is 0 Å². The summed E-state index contributed by atoms with van der Waals surface area (Å²) in [5.41, 5.74) is 2.26. The first-order valence-corrected chi connectivity index (χ1v) is 10.3. The number of ether oxygens (including phenoxy) is 4. The van der Waals surface area contributed by atoms with Crippen molar-refractivity contribution in [2.24, 2.45) is 0 Å². The van der Waals surface area contributed by atoms with E-state index in [1.165, 1.54) is 38.7 Å². The SMILES string of the molecule is COc1ccc(-c2csc(NC(=O)/C=C/c3cc(OC)c(OC)c(OC)c3)n2)cc1Cl. The molecule has 0 bridgehead atoms. The molecule has 1 amide bonds. The second-order valence-electron chi connectivity index (χ2n) is 6.17. The predicted octanol–water partition coefficient (Wildman–Crippen LogP) is 5.15. The molecule has 9 heteroatoms. The standard InChI is InChI=1S/C22H21ClN2O5S/c1-27-17-7-6-14(11-15(17)23)16-12-31-22(24-16)25-20(26)8-5-13-9-18(28-2)21(30-4)19(10-13)29-3/h5-12H,1-4H3,(H,24,25,26)/b8-5+. The van der Waals surface area contributed by atoms with Crippen molar-refractivity contribution in [3.63, 3.8) is 0 Å². The summed E-state index contributed by atoms with van der Waals surface area (Å²) in [6, 6.07) is 8.90. The number of rotatable bonds is 8. The van der Waals surface area contributed by atoms with Crippen molar-refractivity contribution in [3.05, 3.63) is 52.4 Å². The van der Waals surface area contributed by atoms with Crippen LogP contribution in [-0.2, 0) is 4.79 Å². The lowest BCUT2D eigenvalue weighted by Gasteiger charge is -2.12. The Morgan fingerprint density at radius 2 is 1.68 bits per heavy atom. The number of hydrogen-bond acceptors (Lipinski definition) is 7. The van der Waals surface area contributed by atoms with Gasteiger partial charge in [0.05, 0.1) is 39.2 Å². The zero-order chi connectivity index (χ0) is 22.4. The second kappa shape index (κ2) is 10.2. The van der Waals surface area contributed by atoms with Crippen LogP contribution in [0.1, 0.15) is 5.56 Å². The Morgan fingerprint density at radius 1 is 1.00 bits per heavy atom. The Labute approximate surface area is 189 Å². The van der Waals surface area contributed by atoms with Gasteiger partial charge in [0.1, 0.15) is 5.75 Å². The molecule has 0 unspecified atom stereocenters. The third kappa shape index (κ3) is 5.28. The van der Waals surface area contributed by atoms with Gasteiger partial charge in [-0.05, 0) is 42.0 Å². The van der Waals surface area contributed by atoms with Gasteiger partial charge in [0, 0.05) is 17.0 Å². The van der Waals surface area contributed by atoms with E-state index in [-0.39, 0.29) is 5.91 Å². The number of aromatic nitrogens is 1. The van der Waals surface area contributed by atoms with Crippen molar-refractivity contribution >= 4 is 40.1 Å². The fourth-order valence-corrected chi connectivity index (χ4v) is 3.79. The molecule has 0 aliphatic rings. The first kappa shape index (κ1) is 22.5. The van der Waals surface area contributed by atoms with E-state index >= 15 is 0 Å². The Morgan fingerprint density at radius 3 is 2.26 bits per heavy atom. The van der Waals surface area contributed by atoms with Crippen LogP contribution in [0.25, 0.3) is 17.3 Å². The number of carbonyl (C=O) groups is 1. The number of hydrogen-bond donors (Lipinski definition) is 1. The fourth-order valence-electron chi connectivity index (χ4n) is 2.81. The largest absolute Gasteiger partial charge is 0.495 e. The van der Waals surface area contributed by atoms with E-state index in [0.717, 1.165) is 11.1 Å². The van der Waals surface area contributed by atoms with Crippen LogP contribution in [0.15, 0.2) is 41.8 Å². The molecule has 0 fully saturated rings. The maximum Gasteiger partial charge on any atom is 0.250 e. The molecule has 31 heavy (non-hydrogen) atoms. The number of thiazole rings is 1. The summed E-state index contributed by atoms with van der Waals surface area (Å²) in [4.78, 5) is 16.8. The number of methoxy groups -OCH3 is 4. The molecule has 2 aromatic carbocycles. The summed E-state index contributed by atoms with van der Waals surface area (Å²) in [5, 5.41) is 5.57. The molecule has 3 aromatic rings. The van der Waals surface area contributed by atoms with Crippen LogP contribution in [-0.4, -0.2) is 39.3 Å². The van der Waals surface area contributed by atoms with Crippen molar-refractivity contribution in [2.75, 3.05) is 33.8 Å². The van der Waals surface area contributed by atoms with Crippen molar-refractivity contribution in [3.8, 4) is 34.3 Å². The highest BCUT2D eigenvalue weighted by Gasteiger charge is 2.13. The number of nitrogens with one attached hydrogen (secondary N) is 1. The topological polar surface area (TPSA) is 78.9 Å². The van der Waals surface area contributed by atoms with Gasteiger partial charge in [-0.15, -0.1) is 11.3 Å². The lowest BCUT2D eigenvalue weighted by atomic mass is 10.1. The average molecular weight is 461 g/mol. The quantitative estimate of drug-likeness (QED) is 0.468. The van der Waals surface area contributed by atoms with E-state index in [2.05, 4.69) is 10.3 Å². The van der Waals surface area contributed by atoms with Gasteiger partial charge in [-0.2, -0.15) is 0 Å². The normalized spacial score (nSPS) is 10.7. The highest BCUT2D eigenvalue weighted by atomic mass is 35.5. The van der Waals surface area contributed by atoms with Crippen LogP contribution in [0, 0.1) is 0 Å². The number of benzene rings is 2. The maximum atomic E-state index is 12.3. The molecule has 0 spiro atoms. The third-order valence-electron chi connectivity index (χ3n) is 4.30. The molecule has 0 saturated carbocycles. The highest BCUT2D eigenvalue weighted by Crippen LogP contribution is 2.38. The van der Waals surface area contributed by atoms with Gasteiger partial charge < -0.3 is 18.9 Å². The molecule has 1 aromatic heterocycles. The Balaban J connectivity index is 1.72. The van der Waals surface area contributed by atoms with Crippen molar-refractivity contribution in [1.82, 2.24) is 4.98 Å². The van der Waals surface area contributed by atoms with Gasteiger partial charge in [0.2, 0.25) is 11.7 Å². The minimum absolute atomic E-state index is 0.317. The smallest absolute Gasteiger partial charge is 0.250 e. The van der Waals surface area contributed by atoms with Gasteiger partial charge >= 0.3 is 0 Å². The molecule has 7 nitrogen and oxygen atoms in total. The highest BCUT2D eigenvalue weighted by molar-refractivity contribution is 7.14. The van der Waals surface area contributed by atoms with Crippen molar-refractivity contribution < 1.29 is 23.7 Å². The minimum atomic E-state index is -0.317. The van der Waals surface area contributed by atoms with Crippen LogP contribution in [0.5, 0.6) is 23.0 Å². The zero-order valence-electron chi connectivity index (χ0n) is 17.4. The predicted molar refractivity (Wildman–Crippen MR) is 123 cm³/mol. The molecule has 1 N–H and O–H groups in total. The van der Waals surface area contributed by atoms with E-state index in [1.54, 1.807) is 37.5 Å². The number of halogens is 1. The first-order chi connectivity index (χ1) is 15.0. The molecular weight excluding hydrogens is 440 g/mol. The van der Waals surface area contributed by atoms with Crippen LogP contribution in [0.2, 0.25) is 5.02 Å². The average Bonchev–Trinajstić information content (AvgIpc) is 3.25. The molecular formula is C22H21ClN2O5S. The summed E-state index contributed by atoms with van der Waals surface area (Å²) in [7, 11) is 6.16. The monoisotopic (exact) mass is 460 g/mol. The molecule has 0 radical (unpaired) electrons. The summed E-state index contributed by atoms with van der Waals surface area (Å²) in [6.45, 7) is 0. The van der Waals surface area contributed by atoms with E-state index in [9.17, 15) is 4.79 Å². The van der Waals surface area contributed by atoms with Crippen LogP contribution in [0.4, 0.5) is 5.13 Å². The molecule has 0 aliphatic heterocycles.